The summed E-state index contributed by atoms with van der Waals surface area (Å²) in [6, 6.07) is 2.71. The molecule has 14 heavy (non-hydrogen) atoms. The highest BCUT2D eigenvalue weighted by molar-refractivity contribution is 5.73. The van der Waals surface area contributed by atoms with Crippen LogP contribution in [0.15, 0.2) is 12.1 Å². The zero-order valence-corrected chi connectivity index (χ0v) is 7.53. The lowest BCUT2D eigenvalue weighted by Gasteiger charge is -2.28. The van der Waals surface area contributed by atoms with Gasteiger partial charge in [0.15, 0.2) is 11.6 Å². The minimum absolute atomic E-state index is 0.0123. The van der Waals surface area contributed by atoms with Gasteiger partial charge in [0.1, 0.15) is 0 Å². The van der Waals surface area contributed by atoms with Crippen LogP contribution in [0.1, 0.15) is 12.8 Å². The van der Waals surface area contributed by atoms with Crippen molar-refractivity contribution in [2.45, 2.75) is 18.4 Å². The molecule has 2 N–H and O–H groups in total. The molecule has 4 heteroatoms. The molecule has 0 amide bonds. The molecule has 1 aliphatic heterocycles. The van der Waals surface area contributed by atoms with Gasteiger partial charge in [-0.2, -0.15) is 0 Å². The Morgan fingerprint density at radius 3 is 2.71 bits per heavy atom. The lowest BCUT2D eigenvalue weighted by atomic mass is 10.1. The van der Waals surface area contributed by atoms with Crippen molar-refractivity contribution in [1.29, 1.82) is 0 Å². The van der Waals surface area contributed by atoms with E-state index < -0.39 is 11.6 Å². The zero-order chi connectivity index (χ0) is 9.76. The van der Waals surface area contributed by atoms with E-state index in [2.05, 4.69) is 10.6 Å². The predicted octanol–water partition coefficient (Wildman–Crippen LogP) is 2.33. The molecule has 1 aromatic rings. The molecule has 0 atom stereocenters. The van der Waals surface area contributed by atoms with Crippen LogP contribution in [0.3, 0.4) is 0 Å². The molecule has 1 aliphatic carbocycles. The fraction of sp³-hybridized carbons (Fsp3) is 0.400. The lowest BCUT2D eigenvalue weighted by Crippen LogP contribution is -2.35. The highest BCUT2D eigenvalue weighted by atomic mass is 19.2. The van der Waals surface area contributed by atoms with E-state index in [9.17, 15) is 8.78 Å². The Labute approximate surface area is 80.3 Å². The Morgan fingerprint density at radius 2 is 2.00 bits per heavy atom. The monoisotopic (exact) mass is 196 g/mol. The van der Waals surface area contributed by atoms with Crippen molar-refractivity contribution in [1.82, 2.24) is 0 Å². The molecule has 1 saturated carbocycles. The Hall–Kier alpha value is -1.32. The van der Waals surface area contributed by atoms with Gasteiger partial charge in [-0.05, 0) is 25.0 Å². The summed E-state index contributed by atoms with van der Waals surface area (Å²) in [7, 11) is 0. The number of halogens is 2. The first-order chi connectivity index (χ1) is 6.70. The fourth-order valence-corrected chi connectivity index (χ4v) is 1.85. The van der Waals surface area contributed by atoms with Gasteiger partial charge in [0.05, 0.1) is 16.9 Å². The van der Waals surface area contributed by atoms with E-state index >= 15 is 0 Å². The summed E-state index contributed by atoms with van der Waals surface area (Å²) in [6.07, 6.45) is 2.05. The van der Waals surface area contributed by atoms with Crippen molar-refractivity contribution in [2.24, 2.45) is 0 Å². The summed E-state index contributed by atoms with van der Waals surface area (Å²) >= 11 is 0. The molecule has 0 radical (unpaired) electrons. The van der Waals surface area contributed by atoms with Crippen LogP contribution in [-0.4, -0.2) is 12.1 Å². The van der Waals surface area contributed by atoms with Crippen LogP contribution < -0.4 is 10.6 Å². The third kappa shape index (κ3) is 0.997. The molecule has 0 aromatic heterocycles. The van der Waals surface area contributed by atoms with Gasteiger partial charge in [-0.3, -0.25) is 0 Å². The van der Waals surface area contributed by atoms with E-state index in [4.69, 9.17) is 0 Å². The molecule has 0 saturated heterocycles. The van der Waals surface area contributed by atoms with Gasteiger partial charge < -0.3 is 10.6 Å². The lowest BCUT2D eigenvalue weighted by molar-refractivity contribution is 0.508. The summed E-state index contributed by atoms with van der Waals surface area (Å²) in [4.78, 5) is 0. The Balaban J connectivity index is 2.09. The maximum absolute atomic E-state index is 13.4. The highest BCUT2D eigenvalue weighted by Crippen LogP contribution is 2.45. The van der Waals surface area contributed by atoms with Gasteiger partial charge >= 0.3 is 0 Å². The number of hydrogen-bond donors (Lipinski definition) is 2. The zero-order valence-electron chi connectivity index (χ0n) is 7.53. The Kier molecular flexibility index (Phi) is 1.36. The second kappa shape index (κ2) is 2.38. The van der Waals surface area contributed by atoms with Gasteiger partial charge in [-0.15, -0.1) is 0 Å². The van der Waals surface area contributed by atoms with Crippen molar-refractivity contribution in [3.05, 3.63) is 23.8 Å². The number of benzene rings is 1. The predicted molar refractivity (Wildman–Crippen MR) is 50.4 cm³/mol. The maximum atomic E-state index is 13.4. The van der Waals surface area contributed by atoms with E-state index in [0.29, 0.717) is 5.69 Å². The van der Waals surface area contributed by atoms with Gasteiger partial charge in [-0.25, -0.2) is 8.78 Å². The first-order valence-corrected chi connectivity index (χ1v) is 4.70. The number of fused-ring (bicyclic) bond motifs is 1. The van der Waals surface area contributed by atoms with Crippen LogP contribution >= 0.6 is 0 Å². The molecule has 1 fully saturated rings. The third-order valence-electron chi connectivity index (χ3n) is 2.96. The van der Waals surface area contributed by atoms with Crippen LogP contribution in [0.5, 0.6) is 0 Å². The van der Waals surface area contributed by atoms with Crippen molar-refractivity contribution in [3.8, 4) is 0 Å². The van der Waals surface area contributed by atoms with E-state index in [1.165, 1.54) is 0 Å². The molecule has 0 unspecified atom stereocenters. The van der Waals surface area contributed by atoms with Gasteiger partial charge in [0.2, 0.25) is 0 Å². The average molecular weight is 196 g/mol. The molecule has 3 rings (SSSR count). The molecule has 0 bridgehead atoms. The number of nitrogens with one attached hydrogen (secondary N) is 2. The second-order valence-electron chi connectivity index (χ2n) is 4.04. The molecule has 1 aromatic carbocycles. The smallest absolute Gasteiger partial charge is 0.184 e. The minimum atomic E-state index is -0.796. The molecule has 74 valence electrons. The van der Waals surface area contributed by atoms with Crippen LogP contribution in [0.4, 0.5) is 20.2 Å². The normalized spacial score (nSPS) is 21.0. The summed E-state index contributed by atoms with van der Waals surface area (Å²) in [5.41, 5.74) is 0.928. The Morgan fingerprint density at radius 1 is 1.21 bits per heavy atom. The summed E-state index contributed by atoms with van der Waals surface area (Å²) in [5, 5.41) is 6.19. The summed E-state index contributed by atoms with van der Waals surface area (Å²) in [6.45, 7) is 0.797. The molecular weight excluding hydrogens is 186 g/mol. The number of anilines is 2. The summed E-state index contributed by atoms with van der Waals surface area (Å²) < 4.78 is 26.3. The summed E-state index contributed by atoms with van der Waals surface area (Å²) in [5.74, 6) is -1.57. The average Bonchev–Trinajstić information content (AvgIpc) is 2.93. The van der Waals surface area contributed by atoms with Crippen LogP contribution in [-0.2, 0) is 0 Å². The van der Waals surface area contributed by atoms with Gasteiger partial charge in [0.25, 0.3) is 0 Å². The topological polar surface area (TPSA) is 24.1 Å². The van der Waals surface area contributed by atoms with Crippen LogP contribution in [0.25, 0.3) is 0 Å². The third-order valence-corrected chi connectivity index (χ3v) is 2.96. The second-order valence-corrected chi connectivity index (χ2v) is 4.04. The fourth-order valence-electron chi connectivity index (χ4n) is 1.85. The number of hydrogen-bond acceptors (Lipinski definition) is 2. The molecule has 1 heterocycles. The molecule has 1 spiro atoms. The standard InChI is InChI=1S/C10H10F2N2/c11-6-1-2-7-9(8(6)12)14-10(3-4-10)5-13-7/h1-2,13-14H,3-5H2. The van der Waals surface area contributed by atoms with Crippen LogP contribution in [0, 0.1) is 11.6 Å². The van der Waals surface area contributed by atoms with Crippen molar-refractivity contribution in [2.75, 3.05) is 17.2 Å². The Bertz CT molecular complexity index is 399. The molecule has 2 nitrogen and oxygen atoms in total. The first kappa shape index (κ1) is 8.03. The van der Waals surface area contributed by atoms with E-state index in [1.807, 2.05) is 0 Å². The van der Waals surface area contributed by atoms with E-state index in [1.54, 1.807) is 6.07 Å². The molecule has 2 aliphatic rings. The van der Waals surface area contributed by atoms with Crippen molar-refractivity contribution >= 4 is 11.4 Å². The maximum Gasteiger partial charge on any atom is 0.184 e. The number of rotatable bonds is 0. The molecular formula is C10H10F2N2. The van der Waals surface area contributed by atoms with Crippen molar-refractivity contribution in [3.63, 3.8) is 0 Å². The van der Waals surface area contributed by atoms with Crippen LogP contribution in [0.2, 0.25) is 0 Å². The highest BCUT2D eigenvalue weighted by Gasteiger charge is 2.45. The van der Waals surface area contributed by atoms with E-state index in [0.717, 1.165) is 25.5 Å². The van der Waals surface area contributed by atoms with Crippen molar-refractivity contribution < 1.29 is 8.78 Å². The van der Waals surface area contributed by atoms with Gasteiger partial charge in [0, 0.05) is 6.54 Å². The first-order valence-electron chi connectivity index (χ1n) is 4.70. The van der Waals surface area contributed by atoms with Gasteiger partial charge in [-0.1, -0.05) is 0 Å². The van der Waals surface area contributed by atoms with E-state index in [-0.39, 0.29) is 11.2 Å². The quantitative estimate of drug-likeness (QED) is 0.665. The largest absolute Gasteiger partial charge is 0.381 e. The SMILES string of the molecule is Fc1ccc2c(c1F)NC1(CC1)CN2. The minimum Gasteiger partial charge on any atom is -0.381 e.